The lowest BCUT2D eigenvalue weighted by Crippen LogP contribution is -2.42. The summed E-state index contributed by atoms with van der Waals surface area (Å²) in [7, 11) is 1.10. The van der Waals surface area contributed by atoms with Gasteiger partial charge in [-0.1, -0.05) is 23.2 Å². The summed E-state index contributed by atoms with van der Waals surface area (Å²) in [5.41, 5.74) is 0.470. The Morgan fingerprint density at radius 2 is 2.00 bits per heavy atom. The molecule has 1 atom stereocenters. The van der Waals surface area contributed by atoms with Crippen molar-refractivity contribution in [1.29, 1.82) is 0 Å². The van der Waals surface area contributed by atoms with Crippen LogP contribution in [-0.2, 0) is 14.3 Å². The van der Waals surface area contributed by atoms with E-state index in [-0.39, 0.29) is 14.2 Å². The Morgan fingerprint density at radius 1 is 1.40 bits per heavy atom. The summed E-state index contributed by atoms with van der Waals surface area (Å²) in [6.07, 6.45) is -0.579. The number of carbonyl (C=O) groups excluding carboxylic acids is 2. The summed E-state index contributed by atoms with van der Waals surface area (Å²) in [5, 5.41) is 11.3. The number of methoxy groups -OCH3 is 1. The van der Waals surface area contributed by atoms with Gasteiger partial charge in [0.1, 0.15) is 10.4 Å². The monoisotopic (exact) mass is 339 g/mol. The quantitative estimate of drug-likeness (QED) is 0.801. The van der Waals surface area contributed by atoms with E-state index in [1.165, 1.54) is 0 Å². The van der Waals surface area contributed by atoms with Gasteiger partial charge in [0.25, 0.3) is 5.91 Å². The molecule has 2 N–H and O–H groups in total. The van der Waals surface area contributed by atoms with Gasteiger partial charge in [0, 0.05) is 0 Å². The molecule has 1 amide bonds. The number of nitrogens with one attached hydrogen (secondary N) is 1. The second-order valence-corrected chi connectivity index (χ2v) is 5.79. The van der Waals surface area contributed by atoms with Crippen molar-refractivity contribution in [2.45, 2.75) is 19.4 Å². The van der Waals surface area contributed by atoms with Crippen LogP contribution in [0.3, 0.4) is 0 Å². The molecule has 9 heteroatoms. The number of hydrogen-bond donors (Lipinski definition) is 2. The molecular weight excluding hydrogens is 329 g/mol. The first-order chi connectivity index (χ1) is 9.27. The largest absolute Gasteiger partial charge is 0.481 e. The van der Waals surface area contributed by atoms with Crippen molar-refractivity contribution in [3.63, 3.8) is 0 Å². The summed E-state index contributed by atoms with van der Waals surface area (Å²) in [6.45, 7) is 1.60. The number of carboxylic acid groups (broad SMARTS) is 1. The first kappa shape index (κ1) is 16.7. The number of aliphatic carboxylic acids is 1. The van der Waals surface area contributed by atoms with Gasteiger partial charge in [-0.3, -0.25) is 9.59 Å². The van der Waals surface area contributed by atoms with Gasteiger partial charge in [-0.2, -0.15) is 0 Å². The van der Waals surface area contributed by atoms with Gasteiger partial charge in [0.15, 0.2) is 0 Å². The minimum Gasteiger partial charge on any atom is -0.481 e. The lowest BCUT2D eigenvalue weighted by molar-refractivity contribution is -0.147. The fraction of sp³-hybridized carbons (Fsp3) is 0.364. The van der Waals surface area contributed by atoms with E-state index in [0.717, 1.165) is 18.4 Å². The van der Waals surface area contributed by atoms with E-state index in [9.17, 15) is 14.4 Å². The molecule has 0 fully saturated rings. The highest BCUT2D eigenvalue weighted by Gasteiger charge is 2.27. The second-order valence-electron chi connectivity index (χ2n) is 3.79. The van der Waals surface area contributed by atoms with E-state index in [4.69, 9.17) is 28.3 Å². The van der Waals surface area contributed by atoms with Gasteiger partial charge in [0.05, 0.1) is 23.4 Å². The Kier molecular flexibility index (Phi) is 5.79. The van der Waals surface area contributed by atoms with Crippen LogP contribution in [0.4, 0.5) is 0 Å². The molecule has 0 aromatic carbocycles. The molecule has 0 spiro atoms. The van der Waals surface area contributed by atoms with Gasteiger partial charge in [0.2, 0.25) is 0 Å². The Bertz CT molecular complexity index is 557. The molecule has 0 saturated carbocycles. The third kappa shape index (κ3) is 3.84. The molecular formula is C11H11Cl2NO5S. The predicted molar refractivity (Wildman–Crippen MR) is 74.6 cm³/mol. The minimum absolute atomic E-state index is 0.222. The molecule has 0 saturated heterocycles. The molecule has 20 heavy (non-hydrogen) atoms. The Balaban J connectivity index is 2.93. The number of hydrogen-bond acceptors (Lipinski definition) is 5. The van der Waals surface area contributed by atoms with E-state index in [2.05, 4.69) is 10.1 Å². The normalized spacial score (nSPS) is 11.8. The summed E-state index contributed by atoms with van der Waals surface area (Å²) in [4.78, 5) is 34.3. The summed E-state index contributed by atoms with van der Waals surface area (Å²) in [6, 6.07) is -1.27. The van der Waals surface area contributed by atoms with Crippen LogP contribution < -0.4 is 5.32 Å². The van der Waals surface area contributed by atoms with Gasteiger partial charge >= 0.3 is 11.9 Å². The molecule has 6 nitrogen and oxygen atoms in total. The number of ether oxygens (including phenoxy) is 1. The summed E-state index contributed by atoms with van der Waals surface area (Å²) < 4.78 is 4.70. The first-order valence-corrected chi connectivity index (χ1v) is 6.90. The van der Waals surface area contributed by atoms with Gasteiger partial charge in [-0.05, 0) is 12.5 Å². The average molecular weight is 340 g/mol. The van der Waals surface area contributed by atoms with Crippen LogP contribution in [0.25, 0.3) is 0 Å². The molecule has 0 aliphatic heterocycles. The van der Waals surface area contributed by atoms with E-state index in [1.807, 2.05) is 0 Å². The second kappa shape index (κ2) is 6.92. The van der Waals surface area contributed by atoms with Crippen molar-refractivity contribution in [2.24, 2.45) is 0 Å². The number of thiophene rings is 1. The Labute approximate surface area is 128 Å². The fourth-order valence-corrected chi connectivity index (χ4v) is 2.88. The van der Waals surface area contributed by atoms with Crippen molar-refractivity contribution < 1.29 is 24.2 Å². The van der Waals surface area contributed by atoms with Crippen LogP contribution in [0, 0.1) is 6.92 Å². The van der Waals surface area contributed by atoms with E-state index in [0.29, 0.717) is 5.56 Å². The van der Waals surface area contributed by atoms with Crippen LogP contribution in [0.5, 0.6) is 0 Å². The number of halogens is 2. The third-order valence-corrected chi connectivity index (χ3v) is 4.59. The van der Waals surface area contributed by atoms with Crippen molar-refractivity contribution in [1.82, 2.24) is 5.32 Å². The lowest BCUT2D eigenvalue weighted by atomic mass is 10.2. The van der Waals surface area contributed by atoms with E-state index < -0.39 is 30.3 Å². The van der Waals surface area contributed by atoms with Gasteiger partial charge in [-0.25, -0.2) is 4.79 Å². The van der Waals surface area contributed by atoms with Crippen molar-refractivity contribution in [3.05, 3.63) is 19.8 Å². The maximum atomic E-state index is 12.0. The van der Waals surface area contributed by atoms with Crippen LogP contribution in [-0.4, -0.2) is 36.1 Å². The lowest BCUT2D eigenvalue weighted by Gasteiger charge is -2.14. The molecule has 1 heterocycles. The maximum Gasteiger partial charge on any atom is 0.328 e. The zero-order chi connectivity index (χ0) is 15.4. The number of carbonyl (C=O) groups is 3. The van der Waals surface area contributed by atoms with Crippen LogP contribution in [0.2, 0.25) is 9.36 Å². The van der Waals surface area contributed by atoms with E-state index in [1.54, 1.807) is 6.92 Å². The highest BCUT2D eigenvalue weighted by atomic mass is 35.5. The number of rotatable bonds is 5. The fourth-order valence-electron chi connectivity index (χ4n) is 1.41. The summed E-state index contributed by atoms with van der Waals surface area (Å²) >= 11 is 12.6. The number of amides is 1. The molecule has 1 rings (SSSR count). The van der Waals surface area contributed by atoms with Crippen molar-refractivity contribution in [3.8, 4) is 0 Å². The molecule has 0 aliphatic rings. The van der Waals surface area contributed by atoms with Crippen molar-refractivity contribution in [2.75, 3.05) is 7.11 Å². The molecule has 110 valence electrons. The minimum atomic E-state index is -1.27. The molecule has 1 aromatic heterocycles. The molecule has 1 aromatic rings. The zero-order valence-corrected chi connectivity index (χ0v) is 12.9. The standard InChI is InChI=1S/C11H11Cl2NO5S/c1-4-7(12)9(13)20-8(4)10(17)14-5(3-6(15)16)11(18)19-2/h5H,3H2,1-2H3,(H,14,17)(H,15,16)/t5-/m0/s1. The maximum absolute atomic E-state index is 12.0. The smallest absolute Gasteiger partial charge is 0.328 e. The van der Waals surface area contributed by atoms with Crippen LogP contribution >= 0.6 is 34.5 Å². The zero-order valence-electron chi connectivity index (χ0n) is 10.5. The third-order valence-electron chi connectivity index (χ3n) is 2.41. The van der Waals surface area contributed by atoms with Gasteiger partial charge in [-0.15, -0.1) is 11.3 Å². The molecule has 0 aliphatic carbocycles. The predicted octanol–water partition coefficient (Wildman–Crippen LogP) is 2.11. The van der Waals surface area contributed by atoms with Gasteiger partial charge < -0.3 is 15.2 Å². The Morgan fingerprint density at radius 3 is 2.40 bits per heavy atom. The molecule has 0 unspecified atom stereocenters. The number of carboxylic acids is 1. The number of esters is 1. The first-order valence-electron chi connectivity index (χ1n) is 5.32. The average Bonchev–Trinajstić information content (AvgIpc) is 2.64. The van der Waals surface area contributed by atoms with Crippen LogP contribution in [0.1, 0.15) is 21.7 Å². The molecule has 0 radical (unpaired) electrons. The highest BCUT2D eigenvalue weighted by molar-refractivity contribution is 7.19. The van der Waals surface area contributed by atoms with Crippen molar-refractivity contribution >= 4 is 52.4 Å². The SMILES string of the molecule is COC(=O)[C@H](CC(=O)O)NC(=O)c1sc(Cl)c(Cl)c1C. The van der Waals surface area contributed by atoms with E-state index >= 15 is 0 Å². The summed E-state index contributed by atoms with van der Waals surface area (Å²) in [5.74, 6) is -2.70. The topological polar surface area (TPSA) is 92.7 Å². The Hall–Kier alpha value is -1.31. The van der Waals surface area contributed by atoms with Crippen LogP contribution in [0.15, 0.2) is 0 Å². The highest BCUT2D eigenvalue weighted by Crippen LogP contribution is 2.36. The molecule has 0 bridgehead atoms.